The van der Waals surface area contributed by atoms with Gasteiger partial charge in [-0.15, -0.1) is 11.6 Å². The van der Waals surface area contributed by atoms with Gasteiger partial charge in [0, 0.05) is 19.7 Å². The van der Waals surface area contributed by atoms with Gasteiger partial charge in [-0.25, -0.2) is 13.8 Å². The van der Waals surface area contributed by atoms with E-state index < -0.39 is 17.0 Å². The van der Waals surface area contributed by atoms with Crippen LogP contribution in [-0.2, 0) is 11.3 Å². The van der Waals surface area contributed by atoms with E-state index in [1.807, 2.05) is 0 Å². The van der Waals surface area contributed by atoms with E-state index >= 15 is 0 Å². The van der Waals surface area contributed by atoms with Crippen LogP contribution >= 0.6 is 11.6 Å². The molecule has 1 atom stereocenters. The van der Waals surface area contributed by atoms with Crippen LogP contribution in [0.2, 0.25) is 0 Å². The van der Waals surface area contributed by atoms with Gasteiger partial charge in [0.25, 0.3) is 0 Å². The molecule has 0 aliphatic rings. The molecule has 0 radical (unpaired) electrons. The van der Waals surface area contributed by atoms with Gasteiger partial charge in [-0.3, -0.25) is 0 Å². The maximum Gasteiger partial charge on any atom is 0.153 e. The number of imidazole rings is 1. The molecule has 0 spiro atoms. The Morgan fingerprint density at radius 3 is 2.78 bits per heavy atom. The highest BCUT2D eigenvalue weighted by molar-refractivity contribution is 6.20. The zero-order valence-electron chi connectivity index (χ0n) is 10.1. The van der Waals surface area contributed by atoms with Crippen molar-refractivity contribution < 1.29 is 13.5 Å². The number of ether oxygens (including phenoxy) is 1. The summed E-state index contributed by atoms with van der Waals surface area (Å²) in [5, 5.41) is -0.392. The van der Waals surface area contributed by atoms with Crippen molar-refractivity contribution in [2.24, 2.45) is 0 Å². The minimum Gasteiger partial charge on any atom is -0.383 e. The van der Waals surface area contributed by atoms with Crippen LogP contribution in [0.25, 0.3) is 11.0 Å². The Kier molecular flexibility index (Phi) is 3.82. The van der Waals surface area contributed by atoms with Crippen LogP contribution in [0.1, 0.15) is 18.1 Å². The van der Waals surface area contributed by atoms with Crippen molar-refractivity contribution in [1.29, 1.82) is 0 Å². The fraction of sp³-hybridized carbons (Fsp3) is 0.417. The molecule has 0 amide bonds. The minimum atomic E-state index is -0.681. The quantitative estimate of drug-likeness (QED) is 0.800. The first-order valence-corrected chi connectivity index (χ1v) is 5.96. The van der Waals surface area contributed by atoms with Crippen LogP contribution in [0.4, 0.5) is 8.78 Å². The van der Waals surface area contributed by atoms with E-state index in [1.54, 1.807) is 18.6 Å². The molecule has 3 nitrogen and oxygen atoms in total. The van der Waals surface area contributed by atoms with E-state index in [2.05, 4.69) is 4.98 Å². The van der Waals surface area contributed by atoms with Gasteiger partial charge in [0.2, 0.25) is 0 Å². The fourth-order valence-electron chi connectivity index (χ4n) is 1.89. The van der Waals surface area contributed by atoms with Crippen LogP contribution in [0.15, 0.2) is 12.1 Å². The molecule has 1 aromatic heterocycles. The van der Waals surface area contributed by atoms with Gasteiger partial charge in [0.05, 0.1) is 17.5 Å². The number of halogens is 3. The first-order chi connectivity index (χ1) is 8.54. The van der Waals surface area contributed by atoms with Gasteiger partial charge in [-0.1, -0.05) is 0 Å². The van der Waals surface area contributed by atoms with Crippen molar-refractivity contribution in [3.63, 3.8) is 0 Å². The highest BCUT2D eigenvalue weighted by atomic mass is 35.5. The molecule has 0 aliphatic carbocycles. The molecule has 0 saturated carbocycles. The lowest BCUT2D eigenvalue weighted by Crippen LogP contribution is -2.08. The van der Waals surface area contributed by atoms with E-state index in [0.717, 1.165) is 6.07 Å². The summed E-state index contributed by atoms with van der Waals surface area (Å²) in [5.41, 5.74) is 0.530. The fourth-order valence-corrected chi connectivity index (χ4v) is 2.06. The second kappa shape index (κ2) is 5.20. The number of methoxy groups -OCH3 is 1. The SMILES string of the molecule is COCCn1c(C(C)Cl)nc2c(F)cc(F)cc21. The molecule has 1 unspecified atom stereocenters. The molecule has 98 valence electrons. The van der Waals surface area contributed by atoms with Crippen LogP contribution in [0, 0.1) is 11.6 Å². The zero-order valence-corrected chi connectivity index (χ0v) is 10.8. The molecule has 0 N–H and O–H groups in total. The molecule has 0 saturated heterocycles. The summed E-state index contributed by atoms with van der Waals surface area (Å²) in [7, 11) is 1.56. The Morgan fingerprint density at radius 1 is 1.44 bits per heavy atom. The second-order valence-corrected chi connectivity index (χ2v) is 4.64. The molecule has 6 heteroatoms. The Labute approximate surface area is 108 Å². The summed E-state index contributed by atoms with van der Waals surface area (Å²) in [4.78, 5) is 4.14. The molecule has 18 heavy (non-hydrogen) atoms. The molecule has 0 aliphatic heterocycles. The monoisotopic (exact) mass is 274 g/mol. The maximum absolute atomic E-state index is 13.6. The Morgan fingerprint density at radius 2 is 2.17 bits per heavy atom. The lowest BCUT2D eigenvalue weighted by Gasteiger charge is -2.09. The lowest BCUT2D eigenvalue weighted by atomic mass is 10.3. The van der Waals surface area contributed by atoms with Gasteiger partial charge in [-0.2, -0.15) is 0 Å². The van der Waals surface area contributed by atoms with E-state index in [4.69, 9.17) is 16.3 Å². The number of fused-ring (bicyclic) bond motifs is 1. The molecular formula is C12H13ClF2N2O. The van der Waals surface area contributed by atoms with Crippen LogP contribution < -0.4 is 0 Å². The number of rotatable bonds is 4. The summed E-state index contributed by atoms with van der Waals surface area (Å²) < 4.78 is 33.6. The highest BCUT2D eigenvalue weighted by Gasteiger charge is 2.18. The summed E-state index contributed by atoms with van der Waals surface area (Å²) in [6.07, 6.45) is 0. The molecule has 2 rings (SSSR count). The van der Waals surface area contributed by atoms with Crippen molar-refractivity contribution in [1.82, 2.24) is 9.55 Å². The lowest BCUT2D eigenvalue weighted by molar-refractivity contribution is 0.187. The largest absolute Gasteiger partial charge is 0.383 e. The average molecular weight is 275 g/mol. The average Bonchev–Trinajstić information content (AvgIpc) is 2.65. The first kappa shape index (κ1) is 13.2. The van der Waals surface area contributed by atoms with Crippen molar-refractivity contribution in [3.8, 4) is 0 Å². The third-order valence-corrected chi connectivity index (χ3v) is 2.87. The number of aromatic nitrogens is 2. The molecular weight excluding hydrogens is 262 g/mol. The minimum absolute atomic E-state index is 0.134. The van der Waals surface area contributed by atoms with Crippen molar-refractivity contribution in [3.05, 3.63) is 29.6 Å². The standard InChI is InChI=1S/C12H13ClF2N2O/c1-7(13)12-16-11-9(15)5-8(14)6-10(11)17(12)3-4-18-2/h5-7H,3-4H2,1-2H3. The zero-order chi connectivity index (χ0) is 13.3. The number of hydrogen-bond acceptors (Lipinski definition) is 2. The number of alkyl halides is 1. The Bertz CT molecular complexity index is 569. The van der Waals surface area contributed by atoms with Crippen LogP contribution in [0.3, 0.4) is 0 Å². The van der Waals surface area contributed by atoms with E-state index in [1.165, 1.54) is 6.07 Å². The predicted octanol–water partition coefficient (Wildman–Crippen LogP) is 3.26. The predicted molar refractivity (Wildman–Crippen MR) is 65.8 cm³/mol. The third-order valence-electron chi connectivity index (χ3n) is 2.68. The number of nitrogens with zero attached hydrogens (tertiary/aromatic N) is 2. The normalized spacial score (nSPS) is 13.2. The second-order valence-electron chi connectivity index (χ2n) is 3.99. The van der Waals surface area contributed by atoms with Gasteiger partial charge < -0.3 is 9.30 Å². The maximum atomic E-state index is 13.6. The molecule has 1 aromatic carbocycles. The van der Waals surface area contributed by atoms with Gasteiger partial charge >= 0.3 is 0 Å². The summed E-state index contributed by atoms with van der Waals surface area (Å²) in [5.74, 6) is -0.805. The Hall–Kier alpha value is -1.20. The van der Waals surface area contributed by atoms with Crippen molar-refractivity contribution in [2.75, 3.05) is 13.7 Å². The van der Waals surface area contributed by atoms with Crippen molar-refractivity contribution in [2.45, 2.75) is 18.8 Å². The van der Waals surface area contributed by atoms with Crippen LogP contribution in [-0.4, -0.2) is 23.3 Å². The summed E-state index contributed by atoms with van der Waals surface area (Å²) >= 11 is 6.01. The molecule has 1 heterocycles. The summed E-state index contributed by atoms with van der Waals surface area (Å²) in [6.45, 7) is 2.60. The highest BCUT2D eigenvalue weighted by Crippen LogP contribution is 2.26. The first-order valence-electron chi connectivity index (χ1n) is 5.52. The van der Waals surface area contributed by atoms with E-state index in [9.17, 15) is 8.78 Å². The smallest absolute Gasteiger partial charge is 0.153 e. The van der Waals surface area contributed by atoms with Crippen molar-refractivity contribution >= 4 is 22.6 Å². The molecule has 0 bridgehead atoms. The Balaban J connectivity index is 2.64. The molecule has 0 fully saturated rings. The number of hydrogen-bond donors (Lipinski definition) is 0. The van der Waals surface area contributed by atoms with E-state index in [-0.39, 0.29) is 5.52 Å². The topological polar surface area (TPSA) is 27.1 Å². The number of benzene rings is 1. The van der Waals surface area contributed by atoms with Gasteiger partial charge in [0.15, 0.2) is 5.82 Å². The van der Waals surface area contributed by atoms with Gasteiger partial charge in [-0.05, 0) is 13.0 Å². The summed E-state index contributed by atoms with van der Waals surface area (Å²) in [6, 6.07) is 2.07. The van der Waals surface area contributed by atoms with E-state index in [0.29, 0.717) is 24.5 Å². The molecule has 2 aromatic rings. The van der Waals surface area contributed by atoms with Crippen LogP contribution in [0.5, 0.6) is 0 Å². The van der Waals surface area contributed by atoms with Gasteiger partial charge in [0.1, 0.15) is 17.2 Å². The third kappa shape index (κ3) is 2.33.